The summed E-state index contributed by atoms with van der Waals surface area (Å²) < 4.78 is 6.40. The molecule has 5 heteroatoms. The van der Waals surface area contributed by atoms with Gasteiger partial charge < -0.3 is 4.43 Å². The number of nitrogens with zero attached hydrogens (tertiary/aromatic N) is 1. The van der Waals surface area contributed by atoms with Gasteiger partial charge >= 0.3 is 0 Å². The molecule has 0 spiro atoms. The summed E-state index contributed by atoms with van der Waals surface area (Å²) in [5, 5.41) is 0.276. The number of hydrogen-bond donors (Lipinski definition) is 0. The fourth-order valence-corrected chi connectivity index (χ4v) is 4.68. The lowest BCUT2D eigenvalue weighted by atomic mass is 10.1. The van der Waals surface area contributed by atoms with Crippen molar-refractivity contribution in [1.29, 1.82) is 0 Å². The van der Waals surface area contributed by atoms with Crippen molar-refractivity contribution in [2.75, 3.05) is 6.54 Å². The maximum Gasteiger partial charge on any atom is 0.229 e. The summed E-state index contributed by atoms with van der Waals surface area (Å²) in [6.45, 7) is 14.3. The normalized spacial score (nSPS) is 17.0. The van der Waals surface area contributed by atoms with Gasteiger partial charge in [-0.05, 0) is 44.3 Å². The van der Waals surface area contributed by atoms with Crippen molar-refractivity contribution >= 4 is 20.1 Å². The molecule has 4 nitrogen and oxygen atoms in total. The zero-order valence-corrected chi connectivity index (χ0v) is 19.0. The van der Waals surface area contributed by atoms with Gasteiger partial charge in [0.2, 0.25) is 11.8 Å². The first-order chi connectivity index (χ1) is 12.0. The smallest absolute Gasteiger partial charge is 0.229 e. The van der Waals surface area contributed by atoms with Gasteiger partial charge in [-0.3, -0.25) is 14.5 Å². The first-order valence-corrected chi connectivity index (χ1v) is 13.5. The topological polar surface area (TPSA) is 46.6 Å². The molecule has 0 saturated carbocycles. The van der Waals surface area contributed by atoms with Crippen molar-refractivity contribution in [2.45, 2.75) is 116 Å². The summed E-state index contributed by atoms with van der Waals surface area (Å²) in [6, 6.07) is 0. The second-order valence-corrected chi connectivity index (χ2v) is 14.1. The molecule has 0 aromatic heterocycles. The van der Waals surface area contributed by atoms with Crippen LogP contribution in [0.4, 0.5) is 0 Å². The molecule has 1 aliphatic heterocycles. The van der Waals surface area contributed by atoms with Crippen molar-refractivity contribution in [2.24, 2.45) is 0 Å². The lowest BCUT2D eigenvalue weighted by Crippen LogP contribution is -2.43. The molecule has 1 saturated heterocycles. The van der Waals surface area contributed by atoms with E-state index in [1.165, 1.54) is 30.6 Å². The van der Waals surface area contributed by atoms with Crippen LogP contribution in [0.25, 0.3) is 0 Å². The summed E-state index contributed by atoms with van der Waals surface area (Å²) in [5.74, 6) is 0.0492. The maximum atomic E-state index is 11.9. The van der Waals surface area contributed by atoms with Crippen molar-refractivity contribution in [3.63, 3.8) is 0 Å². The molecular formula is C21H41NO3Si. The molecular weight excluding hydrogens is 342 g/mol. The van der Waals surface area contributed by atoms with Gasteiger partial charge in [0.1, 0.15) is 0 Å². The molecule has 0 aromatic carbocycles. The van der Waals surface area contributed by atoms with Gasteiger partial charge in [0.05, 0.1) is 0 Å². The number of likely N-dealkylation sites (tertiary alicyclic amines) is 1. The third-order valence-corrected chi connectivity index (χ3v) is 10.5. The average Bonchev–Trinajstić information content (AvgIpc) is 2.94. The van der Waals surface area contributed by atoms with Crippen LogP contribution in [-0.4, -0.2) is 37.7 Å². The van der Waals surface area contributed by atoms with Crippen molar-refractivity contribution in [3.05, 3.63) is 0 Å². The van der Waals surface area contributed by atoms with E-state index in [1.54, 1.807) is 0 Å². The van der Waals surface area contributed by atoms with E-state index in [9.17, 15) is 9.59 Å². The van der Waals surface area contributed by atoms with Crippen LogP contribution in [0.1, 0.15) is 91.9 Å². The molecule has 0 aliphatic carbocycles. The molecule has 26 heavy (non-hydrogen) atoms. The third-order valence-electron chi connectivity index (χ3n) is 5.93. The van der Waals surface area contributed by atoms with Crippen LogP contribution < -0.4 is 0 Å². The molecule has 1 aliphatic rings. The largest absolute Gasteiger partial charge is 0.414 e. The predicted molar refractivity (Wildman–Crippen MR) is 111 cm³/mol. The maximum absolute atomic E-state index is 11.9. The van der Waals surface area contributed by atoms with E-state index in [4.69, 9.17) is 4.43 Å². The number of unbranched alkanes of at least 4 members (excludes halogenated alkanes) is 5. The summed E-state index contributed by atoms with van der Waals surface area (Å²) >= 11 is 0. The number of hydrogen-bond acceptors (Lipinski definition) is 3. The highest BCUT2D eigenvalue weighted by Gasteiger charge is 2.38. The minimum Gasteiger partial charge on any atom is -0.414 e. The molecule has 0 radical (unpaired) electrons. The Morgan fingerprint density at radius 1 is 1.12 bits per heavy atom. The van der Waals surface area contributed by atoms with Gasteiger partial charge in [0.15, 0.2) is 8.32 Å². The molecule has 1 atom stereocenters. The Morgan fingerprint density at radius 2 is 1.69 bits per heavy atom. The second kappa shape index (κ2) is 10.6. The highest BCUT2D eigenvalue weighted by molar-refractivity contribution is 6.74. The van der Waals surface area contributed by atoms with Crippen molar-refractivity contribution in [3.8, 4) is 0 Å². The first kappa shape index (κ1) is 23.4. The molecule has 1 rings (SSSR count). The highest BCUT2D eigenvalue weighted by atomic mass is 28.4. The van der Waals surface area contributed by atoms with Gasteiger partial charge in [-0.1, -0.05) is 52.9 Å². The molecule has 0 N–H and O–H groups in total. The van der Waals surface area contributed by atoms with Gasteiger partial charge in [-0.2, -0.15) is 0 Å². The SMILES string of the molecule is CC(CCCCCCCCC(=O)N1CCCC1=O)O[Si](C)(C)C(C)(C)C. The lowest BCUT2D eigenvalue weighted by Gasteiger charge is -2.38. The highest BCUT2D eigenvalue weighted by Crippen LogP contribution is 2.37. The van der Waals surface area contributed by atoms with Crippen LogP contribution in [-0.2, 0) is 14.0 Å². The van der Waals surface area contributed by atoms with E-state index < -0.39 is 8.32 Å². The minimum atomic E-state index is -1.64. The van der Waals surface area contributed by atoms with Gasteiger partial charge in [-0.15, -0.1) is 0 Å². The molecule has 1 fully saturated rings. The summed E-state index contributed by atoms with van der Waals surface area (Å²) in [5.41, 5.74) is 0. The quantitative estimate of drug-likeness (QED) is 0.341. The van der Waals surface area contributed by atoms with E-state index in [0.717, 1.165) is 25.7 Å². The fourth-order valence-electron chi connectivity index (χ4n) is 3.20. The number of rotatable bonds is 11. The van der Waals surface area contributed by atoms with Crippen LogP contribution in [0, 0.1) is 0 Å². The summed E-state index contributed by atoms with van der Waals surface area (Å²) in [6.07, 6.45) is 10.3. The zero-order valence-electron chi connectivity index (χ0n) is 18.0. The van der Waals surface area contributed by atoms with E-state index in [1.807, 2.05) is 0 Å². The van der Waals surface area contributed by atoms with E-state index >= 15 is 0 Å². The van der Waals surface area contributed by atoms with Crippen LogP contribution in [0.15, 0.2) is 0 Å². The van der Waals surface area contributed by atoms with Gasteiger partial charge in [0.25, 0.3) is 0 Å². The van der Waals surface area contributed by atoms with Crippen molar-refractivity contribution in [1.82, 2.24) is 4.90 Å². The fraction of sp³-hybridized carbons (Fsp3) is 0.905. The zero-order chi connectivity index (χ0) is 19.8. The number of imide groups is 1. The molecule has 0 bridgehead atoms. The van der Waals surface area contributed by atoms with E-state index in [0.29, 0.717) is 25.5 Å². The minimum absolute atomic E-state index is 0.0176. The van der Waals surface area contributed by atoms with Crippen LogP contribution in [0.3, 0.4) is 0 Å². The standard InChI is InChI=1S/C21H41NO3Si/c1-18(25-26(5,6)21(2,3)4)14-11-9-7-8-10-12-15-19(23)22-17-13-16-20(22)24/h18H,7-17H2,1-6H3. The Labute approximate surface area is 162 Å². The Bertz CT molecular complexity index is 457. The third kappa shape index (κ3) is 7.91. The van der Waals surface area contributed by atoms with Crippen LogP contribution in [0.2, 0.25) is 18.1 Å². The van der Waals surface area contributed by atoms with E-state index in [-0.39, 0.29) is 16.9 Å². The number of carbonyl (C=O) groups is 2. The Balaban J connectivity index is 2.02. The number of carbonyl (C=O) groups excluding carboxylic acids is 2. The first-order valence-electron chi connectivity index (χ1n) is 10.6. The average molecular weight is 384 g/mol. The number of amides is 2. The molecule has 1 unspecified atom stereocenters. The molecule has 2 amide bonds. The second-order valence-electron chi connectivity index (χ2n) is 9.39. The summed E-state index contributed by atoms with van der Waals surface area (Å²) in [4.78, 5) is 24.9. The monoisotopic (exact) mass is 383 g/mol. The summed E-state index contributed by atoms with van der Waals surface area (Å²) in [7, 11) is -1.64. The predicted octanol–water partition coefficient (Wildman–Crippen LogP) is 5.67. The Kier molecular flexibility index (Phi) is 9.52. The Morgan fingerprint density at radius 3 is 2.23 bits per heavy atom. The molecule has 1 heterocycles. The lowest BCUT2D eigenvalue weighted by molar-refractivity contribution is -0.141. The van der Waals surface area contributed by atoms with Gasteiger partial charge in [-0.25, -0.2) is 0 Å². The van der Waals surface area contributed by atoms with Crippen LogP contribution in [0.5, 0.6) is 0 Å². The van der Waals surface area contributed by atoms with Gasteiger partial charge in [0, 0.05) is 25.5 Å². The van der Waals surface area contributed by atoms with Crippen molar-refractivity contribution < 1.29 is 14.0 Å². The molecule has 0 aromatic rings. The van der Waals surface area contributed by atoms with E-state index in [2.05, 4.69) is 40.8 Å². The Hall–Kier alpha value is -0.683. The molecule has 152 valence electrons. The van der Waals surface area contributed by atoms with Crippen LogP contribution >= 0.6 is 0 Å².